The molecule has 2 unspecified atom stereocenters. The van der Waals surface area contributed by atoms with Gasteiger partial charge in [-0.15, -0.1) is 0 Å². The zero-order valence-electron chi connectivity index (χ0n) is 22.2. The molecule has 0 aromatic rings. The molecule has 0 N–H and O–H groups in total. The van der Waals surface area contributed by atoms with E-state index in [2.05, 4.69) is 19.7 Å². The largest absolute Gasteiger partial charge is 0.462 e. The maximum absolute atomic E-state index is 13.2. The average Bonchev–Trinajstić information content (AvgIpc) is 2.94. The molecular weight excluding hydrogens is 492 g/mol. The number of hydrogen-bond acceptors (Lipinski definition) is 9. The summed E-state index contributed by atoms with van der Waals surface area (Å²) < 4.78 is 27.6. The Hall–Kier alpha value is -2.94. The number of ether oxygens (including phenoxy) is 5. The Kier molecular flexibility index (Phi) is 11.1. The maximum atomic E-state index is 13.2. The van der Waals surface area contributed by atoms with Gasteiger partial charge in [0, 0.05) is 38.2 Å². The first kappa shape index (κ1) is 29.6. The number of carbonyl (C=O) groups is 4. The summed E-state index contributed by atoms with van der Waals surface area (Å²) in [5.74, 6) is -2.10. The van der Waals surface area contributed by atoms with Gasteiger partial charge in [-0.3, -0.25) is 4.79 Å². The van der Waals surface area contributed by atoms with E-state index < -0.39 is 48.1 Å². The van der Waals surface area contributed by atoms with E-state index in [1.165, 1.54) is 12.8 Å². The van der Waals surface area contributed by atoms with Gasteiger partial charge in [-0.1, -0.05) is 19.7 Å². The summed E-state index contributed by atoms with van der Waals surface area (Å²) >= 11 is 0. The molecule has 3 saturated carbocycles. The zero-order valence-corrected chi connectivity index (χ0v) is 22.2. The van der Waals surface area contributed by atoms with E-state index in [9.17, 15) is 19.2 Å². The van der Waals surface area contributed by atoms with Crippen molar-refractivity contribution in [1.29, 1.82) is 0 Å². The van der Waals surface area contributed by atoms with Gasteiger partial charge in [0.1, 0.15) is 18.3 Å². The summed E-state index contributed by atoms with van der Waals surface area (Å²) in [6, 6.07) is 0. The van der Waals surface area contributed by atoms with E-state index in [1.807, 2.05) is 0 Å². The highest BCUT2D eigenvalue weighted by atomic mass is 16.6. The summed E-state index contributed by atoms with van der Waals surface area (Å²) in [4.78, 5) is 49.2. The first-order valence-corrected chi connectivity index (χ1v) is 13.5. The van der Waals surface area contributed by atoms with Crippen molar-refractivity contribution in [2.45, 2.75) is 94.7 Å². The fourth-order valence-corrected chi connectivity index (χ4v) is 6.05. The van der Waals surface area contributed by atoms with Crippen LogP contribution in [0.15, 0.2) is 38.0 Å². The van der Waals surface area contributed by atoms with Crippen LogP contribution in [0.5, 0.6) is 0 Å². The molecule has 3 rings (SSSR count). The van der Waals surface area contributed by atoms with Crippen LogP contribution < -0.4 is 0 Å². The van der Waals surface area contributed by atoms with E-state index in [0.717, 1.165) is 56.8 Å². The standard InChI is InChI=1S/C29H40O9/c1-5-25(30)36-23-16-20(17-24(37-26(31)6-2)28(23)38-27(32)7-3)29(33)35-22-14-10-19(11-15-22)18-8-12-21(34-4)13-9-18/h5-7,18-24,28H,1-3,8-17H2,4H3. The van der Waals surface area contributed by atoms with Crippen LogP contribution in [0.3, 0.4) is 0 Å². The molecule has 0 bridgehead atoms. The zero-order chi connectivity index (χ0) is 27.7. The number of esters is 4. The van der Waals surface area contributed by atoms with Crippen molar-refractivity contribution >= 4 is 23.9 Å². The van der Waals surface area contributed by atoms with Crippen LogP contribution in [-0.2, 0) is 42.9 Å². The number of methoxy groups -OCH3 is 1. The number of rotatable bonds is 10. The molecule has 3 aliphatic carbocycles. The molecule has 0 heterocycles. The molecule has 3 fully saturated rings. The number of carbonyl (C=O) groups excluding carboxylic acids is 4. The van der Waals surface area contributed by atoms with Crippen LogP contribution >= 0.6 is 0 Å². The molecule has 0 amide bonds. The van der Waals surface area contributed by atoms with Crippen LogP contribution in [0.2, 0.25) is 0 Å². The van der Waals surface area contributed by atoms with Crippen molar-refractivity contribution in [2.75, 3.05) is 7.11 Å². The average molecular weight is 533 g/mol. The Morgan fingerprint density at radius 2 is 1.03 bits per heavy atom. The summed E-state index contributed by atoms with van der Waals surface area (Å²) in [6.45, 7) is 10.2. The molecular formula is C29H40O9. The predicted molar refractivity (Wildman–Crippen MR) is 138 cm³/mol. The second kappa shape index (κ2) is 14.3. The van der Waals surface area contributed by atoms with E-state index in [4.69, 9.17) is 23.7 Å². The maximum Gasteiger partial charge on any atom is 0.330 e. The third-order valence-electron chi connectivity index (χ3n) is 8.11. The molecule has 0 radical (unpaired) electrons. The van der Waals surface area contributed by atoms with Crippen molar-refractivity contribution in [2.24, 2.45) is 17.8 Å². The van der Waals surface area contributed by atoms with Crippen molar-refractivity contribution in [3.63, 3.8) is 0 Å². The van der Waals surface area contributed by atoms with E-state index in [1.54, 1.807) is 7.11 Å². The van der Waals surface area contributed by atoms with Crippen molar-refractivity contribution in [3.05, 3.63) is 38.0 Å². The smallest absolute Gasteiger partial charge is 0.330 e. The summed E-state index contributed by atoms with van der Waals surface area (Å²) in [5, 5.41) is 0. The molecule has 0 aromatic carbocycles. The van der Waals surface area contributed by atoms with Crippen molar-refractivity contribution < 1.29 is 42.9 Å². The lowest BCUT2D eigenvalue weighted by molar-refractivity contribution is -0.194. The molecule has 0 aliphatic heterocycles. The quantitative estimate of drug-likeness (QED) is 0.234. The summed E-state index contributed by atoms with van der Waals surface area (Å²) in [5.41, 5.74) is 0. The monoisotopic (exact) mass is 532 g/mol. The molecule has 2 atom stereocenters. The molecule has 0 aromatic heterocycles. The highest BCUT2D eigenvalue weighted by Crippen LogP contribution is 2.40. The van der Waals surface area contributed by atoms with Gasteiger partial charge in [-0.05, 0) is 63.2 Å². The van der Waals surface area contributed by atoms with Gasteiger partial charge in [-0.25, -0.2) is 14.4 Å². The number of hydrogen-bond donors (Lipinski definition) is 0. The summed E-state index contributed by atoms with van der Waals surface area (Å²) in [6.07, 6.45) is 8.20. The van der Waals surface area contributed by atoms with Gasteiger partial charge < -0.3 is 23.7 Å². The molecule has 210 valence electrons. The molecule has 9 nitrogen and oxygen atoms in total. The molecule has 0 spiro atoms. The minimum absolute atomic E-state index is 0.0493. The van der Waals surface area contributed by atoms with E-state index in [0.29, 0.717) is 17.9 Å². The van der Waals surface area contributed by atoms with Crippen LogP contribution in [0.25, 0.3) is 0 Å². The molecule has 0 saturated heterocycles. The fraction of sp³-hybridized carbons (Fsp3) is 0.655. The lowest BCUT2D eigenvalue weighted by Gasteiger charge is -2.40. The SMILES string of the molecule is C=CC(=O)OC1CC(C(=O)OC2CCC(C3CCC(OC)CC3)CC2)CC(OC(=O)C=C)C1OC(=O)C=C. The van der Waals surface area contributed by atoms with Gasteiger partial charge in [0.15, 0.2) is 6.10 Å². The molecule has 3 aliphatic rings. The lowest BCUT2D eigenvalue weighted by Crippen LogP contribution is -2.52. The second-order valence-electron chi connectivity index (χ2n) is 10.4. The van der Waals surface area contributed by atoms with Crippen molar-refractivity contribution in [3.8, 4) is 0 Å². The van der Waals surface area contributed by atoms with Gasteiger partial charge >= 0.3 is 23.9 Å². The van der Waals surface area contributed by atoms with Gasteiger partial charge in [-0.2, -0.15) is 0 Å². The minimum atomic E-state index is -1.12. The van der Waals surface area contributed by atoms with Gasteiger partial charge in [0.25, 0.3) is 0 Å². The normalized spacial score (nSPS) is 33.2. The van der Waals surface area contributed by atoms with Gasteiger partial charge in [0.2, 0.25) is 0 Å². The third kappa shape index (κ3) is 8.03. The van der Waals surface area contributed by atoms with Crippen LogP contribution in [-0.4, -0.2) is 61.5 Å². The van der Waals surface area contributed by atoms with E-state index >= 15 is 0 Å². The fourth-order valence-electron chi connectivity index (χ4n) is 6.05. The Balaban J connectivity index is 1.62. The minimum Gasteiger partial charge on any atom is -0.462 e. The highest BCUT2D eigenvalue weighted by molar-refractivity contribution is 5.83. The Morgan fingerprint density at radius 1 is 0.605 bits per heavy atom. The molecule has 38 heavy (non-hydrogen) atoms. The Morgan fingerprint density at radius 3 is 1.45 bits per heavy atom. The second-order valence-corrected chi connectivity index (χ2v) is 10.4. The lowest BCUT2D eigenvalue weighted by atomic mass is 9.72. The van der Waals surface area contributed by atoms with Crippen molar-refractivity contribution in [1.82, 2.24) is 0 Å². The van der Waals surface area contributed by atoms with Crippen LogP contribution in [0, 0.1) is 17.8 Å². The first-order chi connectivity index (χ1) is 18.3. The van der Waals surface area contributed by atoms with Gasteiger partial charge in [0.05, 0.1) is 12.0 Å². The summed E-state index contributed by atoms with van der Waals surface area (Å²) in [7, 11) is 1.78. The Labute approximate surface area is 224 Å². The Bertz CT molecular complexity index is 848. The van der Waals surface area contributed by atoms with Crippen LogP contribution in [0.1, 0.15) is 64.2 Å². The highest BCUT2D eigenvalue weighted by Gasteiger charge is 2.47. The third-order valence-corrected chi connectivity index (χ3v) is 8.11. The predicted octanol–water partition coefficient (Wildman–Crippen LogP) is 4.00. The topological polar surface area (TPSA) is 114 Å². The van der Waals surface area contributed by atoms with E-state index in [-0.39, 0.29) is 18.9 Å². The molecule has 9 heteroatoms. The first-order valence-electron chi connectivity index (χ1n) is 13.5. The van der Waals surface area contributed by atoms with Crippen LogP contribution in [0.4, 0.5) is 0 Å².